The van der Waals surface area contributed by atoms with Gasteiger partial charge in [-0.2, -0.15) is 5.10 Å². The molecule has 0 spiro atoms. The van der Waals surface area contributed by atoms with Gasteiger partial charge in [-0.25, -0.2) is 5.43 Å². The van der Waals surface area contributed by atoms with E-state index in [4.69, 9.17) is 9.47 Å². The third-order valence-corrected chi connectivity index (χ3v) is 5.29. The third kappa shape index (κ3) is 5.41. The van der Waals surface area contributed by atoms with E-state index in [2.05, 4.69) is 55.6 Å². The molecular weight excluding hydrogens is 376 g/mol. The van der Waals surface area contributed by atoms with Crippen molar-refractivity contribution in [2.45, 2.75) is 52.4 Å². The van der Waals surface area contributed by atoms with Crippen LogP contribution in [0.15, 0.2) is 47.6 Å². The fourth-order valence-electron chi connectivity index (χ4n) is 3.48. The number of carbonyl (C=O) groups excluding carboxylic acids is 1. The summed E-state index contributed by atoms with van der Waals surface area (Å²) < 4.78 is 11.2. The highest BCUT2D eigenvalue weighted by Gasteiger charge is 2.44. The molecule has 30 heavy (non-hydrogen) atoms. The maximum atomic E-state index is 12.4. The first-order valence-electron chi connectivity index (χ1n) is 10.7. The van der Waals surface area contributed by atoms with Crippen molar-refractivity contribution in [3.8, 4) is 11.5 Å². The van der Waals surface area contributed by atoms with Gasteiger partial charge in [0, 0.05) is 5.92 Å². The standard InChI is InChI=1S/C25H32N2O3/c1-6-29-22-13-8-17(14-23(22)30-7-2)16-26-27-24(28)21-15-20(21)18-9-11-19(12-10-18)25(3,4)5/h8-14,16,20-21H,6-7,15H2,1-5H3,(H,27,28)/b26-16-. The molecule has 0 aliphatic heterocycles. The van der Waals surface area contributed by atoms with Crippen molar-refractivity contribution in [3.63, 3.8) is 0 Å². The van der Waals surface area contributed by atoms with Crippen LogP contribution in [0.25, 0.3) is 0 Å². The van der Waals surface area contributed by atoms with E-state index in [1.165, 1.54) is 11.1 Å². The molecule has 0 bridgehead atoms. The topological polar surface area (TPSA) is 59.9 Å². The number of hydrazone groups is 1. The van der Waals surface area contributed by atoms with E-state index in [9.17, 15) is 4.79 Å². The summed E-state index contributed by atoms with van der Waals surface area (Å²) in [5, 5.41) is 4.13. The minimum absolute atomic E-state index is 0.0121. The highest BCUT2D eigenvalue weighted by atomic mass is 16.5. The molecule has 0 heterocycles. The molecule has 1 fully saturated rings. The molecule has 2 aromatic rings. The lowest BCUT2D eigenvalue weighted by molar-refractivity contribution is -0.122. The molecule has 0 saturated heterocycles. The molecule has 0 aromatic heterocycles. The molecule has 0 radical (unpaired) electrons. The summed E-state index contributed by atoms with van der Waals surface area (Å²) in [7, 11) is 0. The lowest BCUT2D eigenvalue weighted by Gasteiger charge is -2.19. The lowest BCUT2D eigenvalue weighted by Crippen LogP contribution is -2.20. The second-order valence-electron chi connectivity index (χ2n) is 8.63. The van der Waals surface area contributed by atoms with E-state index in [-0.39, 0.29) is 23.2 Å². The Bertz CT molecular complexity index is 898. The largest absolute Gasteiger partial charge is 0.490 e. The van der Waals surface area contributed by atoms with Gasteiger partial charge in [-0.1, -0.05) is 45.0 Å². The van der Waals surface area contributed by atoms with Crippen LogP contribution in [0.4, 0.5) is 0 Å². The zero-order chi connectivity index (χ0) is 21.7. The third-order valence-electron chi connectivity index (χ3n) is 5.29. The van der Waals surface area contributed by atoms with Crippen LogP contribution in [0.5, 0.6) is 11.5 Å². The summed E-state index contributed by atoms with van der Waals surface area (Å²) in [6, 6.07) is 14.2. The van der Waals surface area contributed by atoms with Crippen molar-refractivity contribution in [1.82, 2.24) is 5.43 Å². The molecule has 2 atom stereocenters. The van der Waals surface area contributed by atoms with E-state index in [0.29, 0.717) is 24.7 Å². The molecule has 1 amide bonds. The van der Waals surface area contributed by atoms with Gasteiger partial charge in [0.05, 0.1) is 19.4 Å². The van der Waals surface area contributed by atoms with Crippen LogP contribution < -0.4 is 14.9 Å². The Kier molecular flexibility index (Phi) is 6.80. The second-order valence-corrected chi connectivity index (χ2v) is 8.63. The minimum atomic E-state index is -0.0351. The average molecular weight is 409 g/mol. The van der Waals surface area contributed by atoms with Crippen molar-refractivity contribution >= 4 is 12.1 Å². The van der Waals surface area contributed by atoms with Gasteiger partial charge >= 0.3 is 0 Å². The Balaban J connectivity index is 1.56. The maximum absolute atomic E-state index is 12.4. The molecule has 2 aromatic carbocycles. The molecule has 3 rings (SSSR count). The van der Waals surface area contributed by atoms with Gasteiger partial charge in [-0.05, 0) is 66.5 Å². The van der Waals surface area contributed by atoms with Crippen LogP contribution in [0, 0.1) is 5.92 Å². The van der Waals surface area contributed by atoms with Gasteiger partial charge in [-0.15, -0.1) is 0 Å². The predicted octanol–water partition coefficient (Wildman–Crippen LogP) is 5.04. The van der Waals surface area contributed by atoms with Gasteiger partial charge in [0.15, 0.2) is 11.5 Å². The Morgan fingerprint density at radius 2 is 1.73 bits per heavy atom. The van der Waals surface area contributed by atoms with Crippen LogP contribution in [0.2, 0.25) is 0 Å². The van der Waals surface area contributed by atoms with Gasteiger partial charge in [0.25, 0.3) is 0 Å². The van der Waals surface area contributed by atoms with E-state index in [0.717, 1.165) is 12.0 Å². The summed E-state index contributed by atoms with van der Waals surface area (Å²) in [6.45, 7) is 11.6. The highest BCUT2D eigenvalue weighted by molar-refractivity contribution is 5.86. The van der Waals surface area contributed by atoms with E-state index in [1.54, 1.807) is 6.21 Å². The summed E-state index contributed by atoms with van der Waals surface area (Å²) in [4.78, 5) is 12.4. The first kappa shape index (κ1) is 21.9. The maximum Gasteiger partial charge on any atom is 0.243 e. The summed E-state index contributed by atoms with van der Waals surface area (Å²) in [6.07, 6.45) is 2.50. The van der Waals surface area contributed by atoms with Crippen LogP contribution in [0.1, 0.15) is 63.6 Å². The first-order chi connectivity index (χ1) is 14.3. The number of nitrogens with one attached hydrogen (secondary N) is 1. The van der Waals surface area contributed by atoms with Crippen LogP contribution >= 0.6 is 0 Å². The second kappa shape index (κ2) is 9.33. The Hall–Kier alpha value is -2.82. The Morgan fingerprint density at radius 3 is 2.37 bits per heavy atom. The van der Waals surface area contributed by atoms with Crippen molar-refractivity contribution in [2.24, 2.45) is 11.0 Å². The monoisotopic (exact) mass is 408 g/mol. The molecule has 1 aliphatic rings. The fourth-order valence-corrected chi connectivity index (χ4v) is 3.48. The summed E-state index contributed by atoms with van der Waals surface area (Å²) in [5.74, 6) is 1.62. The van der Waals surface area contributed by atoms with Crippen molar-refractivity contribution < 1.29 is 14.3 Å². The first-order valence-corrected chi connectivity index (χ1v) is 10.7. The van der Waals surface area contributed by atoms with Gasteiger partial charge in [0.1, 0.15) is 0 Å². The normalized spacial score (nSPS) is 18.3. The number of rotatable bonds is 8. The lowest BCUT2D eigenvalue weighted by atomic mass is 9.86. The van der Waals surface area contributed by atoms with E-state index >= 15 is 0 Å². The molecule has 5 heteroatoms. The minimum Gasteiger partial charge on any atom is -0.490 e. The van der Waals surface area contributed by atoms with Gasteiger partial charge in [0.2, 0.25) is 5.91 Å². The SMILES string of the molecule is CCOc1ccc(/C=N\NC(=O)C2CC2c2ccc(C(C)(C)C)cc2)cc1OCC. The summed E-state index contributed by atoms with van der Waals surface area (Å²) >= 11 is 0. The Morgan fingerprint density at radius 1 is 1.07 bits per heavy atom. The van der Waals surface area contributed by atoms with E-state index in [1.807, 2.05) is 32.0 Å². The molecule has 5 nitrogen and oxygen atoms in total. The summed E-state index contributed by atoms with van der Waals surface area (Å²) in [5.41, 5.74) is 6.18. The smallest absolute Gasteiger partial charge is 0.243 e. The number of ether oxygens (including phenoxy) is 2. The van der Waals surface area contributed by atoms with Gasteiger partial charge in [-0.3, -0.25) is 4.79 Å². The van der Waals surface area contributed by atoms with Crippen LogP contribution in [-0.2, 0) is 10.2 Å². The number of hydrogen-bond donors (Lipinski definition) is 1. The van der Waals surface area contributed by atoms with Gasteiger partial charge < -0.3 is 9.47 Å². The number of nitrogens with zero attached hydrogens (tertiary/aromatic N) is 1. The van der Waals surface area contributed by atoms with Crippen molar-refractivity contribution in [2.75, 3.05) is 13.2 Å². The Labute approximate surface area is 179 Å². The number of benzene rings is 2. The predicted molar refractivity (Wildman–Crippen MR) is 121 cm³/mol. The van der Waals surface area contributed by atoms with E-state index < -0.39 is 0 Å². The average Bonchev–Trinajstić information content (AvgIpc) is 3.51. The molecule has 2 unspecified atom stereocenters. The number of carbonyl (C=O) groups is 1. The van der Waals surface area contributed by atoms with Crippen molar-refractivity contribution in [3.05, 3.63) is 59.2 Å². The van der Waals surface area contributed by atoms with Crippen molar-refractivity contribution in [1.29, 1.82) is 0 Å². The molecule has 1 aliphatic carbocycles. The molecule has 1 saturated carbocycles. The molecule has 160 valence electrons. The quantitative estimate of drug-likeness (QED) is 0.492. The number of hydrogen-bond acceptors (Lipinski definition) is 4. The number of amides is 1. The zero-order valence-corrected chi connectivity index (χ0v) is 18.6. The van der Waals surface area contributed by atoms with Crippen LogP contribution in [-0.4, -0.2) is 25.3 Å². The molecular formula is C25H32N2O3. The van der Waals surface area contributed by atoms with Crippen LogP contribution in [0.3, 0.4) is 0 Å². The highest BCUT2D eigenvalue weighted by Crippen LogP contribution is 2.47. The zero-order valence-electron chi connectivity index (χ0n) is 18.6. The fraction of sp³-hybridized carbons (Fsp3) is 0.440. The molecule has 1 N–H and O–H groups in total.